The molecule has 1 saturated heterocycles. The summed E-state index contributed by atoms with van der Waals surface area (Å²) in [5.41, 5.74) is 2.69. The summed E-state index contributed by atoms with van der Waals surface area (Å²) in [6.45, 7) is 1.27. The van der Waals surface area contributed by atoms with Gasteiger partial charge in [-0.3, -0.25) is 9.89 Å². The number of hydrogen-bond donors (Lipinski definition) is 4. The van der Waals surface area contributed by atoms with Gasteiger partial charge in [-0.2, -0.15) is 5.10 Å². The maximum atomic E-state index is 12.3. The van der Waals surface area contributed by atoms with E-state index in [-0.39, 0.29) is 18.0 Å². The zero-order chi connectivity index (χ0) is 18.6. The molecule has 27 heavy (non-hydrogen) atoms. The number of anilines is 2. The van der Waals surface area contributed by atoms with Gasteiger partial charge >= 0.3 is 6.03 Å². The van der Waals surface area contributed by atoms with Crippen molar-refractivity contribution < 1.29 is 14.3 Å². The van der Waals surface area contributed by atoms with Crippen LogP contribution < -0.4 is 16.0 Å². The number of nitrogens with zero attached hydrogens (tertiary/aromatic N) is 1. The Morgan fingerprint density at radius 2 is 1.85 bits per heavy atom. The van der Waals surface area contributed by atoms with Crippen LogP contribution in [0.3, 0.4) is 0 Å². The fourth-order valence-corrected chi connectivity index (χ4v) is 3.08. The van der Waals surface area contributed by atoms with Crippen LogP contribution in [0.25, 0.3) is 0 Å². The Labute approximate surface area is 157 Å². The number of carbonyl (C=O) groups is 2. The molecule has 2 aromatic rings. The third kappa shape index (κ3) is 4.65. The standard InChI is InChI=1S/C19H23N5O3/c25-18(17-10-16(23-24-17)12-3-4-12)21-13-5-7-14(8-6-13)22-19(26)20-11-15-2-1-9-27-15/h5-8,10,12,15H,1-4,9,11H2,(H,21,25)(H,23,24)(H2,20,22,26). The van der Waals surface area contributed by atoms with Crippen molar-refractivity contribution in [3.05, 3.63) is 41.7 Å². The predicted octanol–water partition coefficient (Wildman–Crippen LogP) is 2.84. The minimum atomic E-state index is -0.272. The van der Waals surface area contributed by atoms with E-state index >= 15 is 0 Å². The molecule has 1 aliphatic heterocycles. The summed E-state index contributed by atoms with van der Waals surface area (Å²) in [5, 5.41) is 15.4. The van der Waals surface area contributed by atoms with Gasteiger partial charge in [0.25, 0.3) is 5.91 Å². The number of amides is 3. The summed E-state index contributed by atoms with van der Waals surface area (Å²) in [7, 11) is 0. The average Bonchev–Trinajstić information content (AvgIpc) is 3.18. The van der Waals surface area contributed by atoms with Gasteiger partial charge in [-0.25, -0.2) is 4.79 Å². The smallest absolute Gasteiger partial charge is 0.319 e. The van der Waals surface area contributed by atoms with Gasteiger partial charge in [0.05, 0.1) is 6.10 Å². The topological polar surface area (TPSA) is 108 Å². The van der Waals surface area contributed by atoms with Crippen LogP contribution >= 0.6 is 0 Å². The number of rotatable bonds is 6. The van der Waals surface area contributed by atoms with Crippen LogP contribution in [-0.2, 0) is 4.74 Å². The zero-order valence-corrected chi connectivity index (χ0v) is 15.0. The van der Waals surface area contributed by atoms with E-state index in [0.29, 0.717) is 29.5 Å². The second kappa shape index (κ2) is 7.79. The number of benzene rings is 1. The summed E-state index contributed by atoms with van der Waals surface area (Å²) >= 11 is 0. The molecular weight excluding hydrogens is 346 g/mol. The van der Waals surface area contributed by atoms with Gasteiger partial charge in [0, 0.05) is 36.1 Å². The molecule has 0 radical (unpaired) electrons. The third-order valence-corrected chi connectivity index (χ3v) is 4.76. The van der Waals surface area contributed by atoms with Crippen molar-refractivity contribution in [3.8, 4) is 0 Å². The van der Waals surface area contributed by atoms with Crippen LogP contribution in [0.2, 0.25) is 0 Å². The molecule has 8 nitrogen and oxygen atoms in total. The highest BCUT2D eigenvalue weighted by Crippen LogP contribution is 2.39. The second-order valence-electron chi connectivity index (χ2n) is 6.98. The molecule has 3 amide bonds. The fraction of sp³-hybridized carbons (Fsp3) is 0.421. The summed E-state index contributed by atoms with van der Waals surface area (Å²) < 4.78 is 5.47. The number of urea groups is 1. The molecule has 0 spiro atoms. The SMILES string of the molecule is O=C(NCC1CCCO1)Nc1ccc(NC(=O)c2cc(C3CC3)[nH]n2)cc1. The molecule has 1 aliphatic carbocycles. The first-order valence-corrected chi connectivity index (χ1v) is 9.30. The van der Waals surface area contributed by atoms with Gasteiger partial charge in [0.2, 0.25) is 0 Å². The van der Waals surface area contributed by atoms with E-state index in [1.54, 1.807) is 30.3 Å². The lowest BCUT2D eigenvalue weighted by atomic mass is 10.2. The first-order chi connectivity index (χ1) is 13.2. The molecule has 1 unspecified atom stereocenters. The molecule has 1 saturated carbocycles. The van der Waals surface area contributed by atoms with E-state index in [9.17, 15) is 9.59 Å². The Kier molecular flexibility index (Phi) is 5.06. The van der Waals surface area contributed by atoms with Crippen molar-refractivity contribution in [2.24, 2.45) is 0 Å². The van der Waals surface area contributed by atoms with Crippen molar-refractivity contribution in [2.75, 3.05) is 23.8 Å². The number of nitrogens with one attached hydrogen (secondary N) is 4. The maximum Gasteiger partial charge on any atom is 0.319 e. The van der Waals surface area contributed by atoms with E-state index in [0.717, 1.165) is 38.0 Å². The summed E-state index contributed by atoms with van der Waals surface area (Å²) in [4.78, 5) is 24.2. The lowest BCUT2D eigenvalue weighted by molar-refractivity contribution is 0.102. The van der Waals surface area contributed by atoms with Crippen LogP contribution in [0, 0.1) is 0 Å². The number of H-pyrrole nitrogens is 1. The van der Waals surface area contributed by atoms with Crippen molar-refractivity contribution in [2.45, 2.75) is 37.7 Å². The van der Waals surface area contributed by atoms with Gasteiger partial charge < -0.3 is 20.7 Å². The minimum absolute atomic E-state index is 0.107. The highest BCUT2D eigenvalue weighted by Gasteiger charge is 2.26. The van der Waals surface area contributed by atoms with E-state index in [2.05, 4.69) is 26.1 Å². The van der Waals surface area contributed by atoms with Gasteiger partial charge in [-0.15, -0.1) is 0 Å². The summed E-state index contributed by atoms with van der Waals surface area (Å²) in [6, 6.07) is 8.49. The van der Waals surface area contributed by atoms with Crippen molar-refractivity contribution in [1.29, 1.82) is 0 Å². The van der Waals surface area contributed by atoms with Gasteiger partial charge in [-0.1, -0.05) is 0 Å². The van der Waals surface area contributed by atoms with Gasteiger partial charge in [0.15, 0.2) is 5.69 Å². The van der Waals surface area contributed by atoms with E-state index in [4.69, 9.17) is 4.74 Å². The molecule has 2 aliphatic rings. The molecule has 8 heteroatoms. The molecule has 4 N–H and O–H groups in total. The van der Waals surface area contributed by atoms with Crippen LogP contribution in [0.15, 0.2) is 30.3 Å². The van der Waals surface area contributed by atoms with Gasteiger partial charge in [0.1, 0.15) is 0 Å². The fourth-order valence-electron chi connectivity index (χ4n) is 3.08. The molecule has 142 valence electrons. The number of carbonyl (C=O) groups excluding carboxylic acids is 2. The van der Waals surface area contributed by atoms with E-state index < -0.39 is 0 Å². The van der Waals surface area contributed by atoms with Crippen LogP contribution in [0.1, 0.15) is 47.8 Å². The number of ether oxygens (including phenoxy) is 1. The molecular formula is C19H23N5O3. The first kappa shape index (κ1) is 17.5. The number of hydrogen-bond acceptors (Lipinski definition) is 4. The quantitative estimate of drug-likeness (QED) is 0.628. The van der Waals surface area contributed by atoms with Crippen LogP contribution in [-0.4, -0.2) is 41.4 Å². The number of aromatic nitrogens is 2. The maximum absolute atomic E-state index is 12.3. The van der Waals surface area contributed by atoms with Crippen molar-refractivity contribution in [1.82, 2.24) is 15.5 Å². The summed E-state index contributed by atoms with van der Waals surface area (Å²) in [5.74, 6) is 0.268. The molecule has 1 aromatic heterocycles. The Hall–Kier alpha value is -2.87. The Bertz CT molecular complexity index is 807. The van der Waals surface area contributed by atoms with Crippen LogP contribution in [0.5, 0.6) is 0 Å². The molecule has 1 aromatic carbocycles. The zero-order valence-electron chi connectivity index (χ0n) is 15.0. The monoisotopic (exact) mass is 369 g/mol. The molecule has 0 bridgehead atoms. The Morgan fingerprint density at radius 1 is 1.11 bits per heavy atom. The van der Waals surface area contributed by atoms with Gasteiger partial charge in [-0.05, 0) is 56.0 Å². The normalized spacial score (nSPS) is 18.9. The van der Waals surface area contributed by atoms with E-state index in [1.165, 1.54) is 0 Å². The van der Waals surface area contributed by atoms with Crippen LogP contribution in [0.4, 0.5) is 16.2 Å². The minimum Gasteiger partial charge on any atom is -0.376 e. The Balaban J connectivity index is 1.26. The van der Waals surface area contributed by atoms with Crippen molar-refractivity contribution >= 4 is 23.3 Å². The second-order valence-corrected chi connectivity index (χ2v) is 6.98. The predicted molar refractivity (Wildman–Crippen MR) is 101 cm³/mol. The highest BCUT2D eigenvalue weighted by molar-refractivity contribution is 6.03. The van der Waals surface area contributed by atoms with E-state index in [1.807, 2.05) is 0 Å². The largest absolute Gasteiger partial charge is 0.376 e. The highest BCUT2D eigenvalue weighted by atomic mass is 16.5. The number of aromatic amines is 1. The Morgan fingerprint density at radius 3 is 2.52 bits per heavy atom. The molecule has 4 rings (SSSR count). The lowest BCUT2D eigenvalue weighted by Gasteiger charge is -2.12. The lowest BCUT2D eigenvalue weighted by Crippen LogP contribution is -2.35. The molecule has 2 fully saturated rings. The first-order valence-electron chi connectivity index (χ1n) is 9.30. The third-order valence-electron chi connectivity index (χ3n) is 4.76. The molecule has 2 heterocycles. The average molecular weight is 369 g/mol. The summed E-state index contributed by atoms with van der Waals surface area (Å²) in [6.07, 6.45) is 4.43. The van der Waals surface area contributed by atoms with Crippen molar-refractivity contribution in [3.63, 3.8) is 0 Å². The molecule has 1 atom stereocenters.